The van der Waals surface area contributed by atoms with Gasteiger partial charge < -0.3 is 9.73 Å². The second-order valence-corrected chi connectivity index (χ2v) is 5.18. The molecule has 1 N–H and O–H groups in total. The number of oxazole rings is 1. The lowest BCUT2D eigenvalue weighted by atomic mass is 10.0. The third-order valence-electron chi connectivity index (χ3n) is 3.47. The maximum Gasteiger partial charge on any atom is 0.181 e. The Bertz CT molecular complexity index is 748. The van der Waals surface area contributed by atoms with Crippen molar-refractivity contribution < 1.29 is 4.42 Å². The van der Waals surface area contributed by atoms with E-state index in [-0.39, 0.29) is 5.54 Å². The average Bonchev–Trinajstić information content (AvgIpc) is 2.94. The first kappa shape index (κ1) is 12.7. The van der Waals surface area contributed by atoms with Crippen LogP contribution in [0.4, 0.5) is 0 Å². The summed E-state index contributed by atoms with van der Waals surface area (Å²) in [4.78, 5) is 13.1. The first-order valence-corrected chi connectivity index (χ1v) is 6.46. The first-order chi connectivity index (χ1) is 9.60. The molecule has 5 nitrogen and oxygen atoms in total. The zero-order valence-electron chi connectivity index (χ0n) is 11.7. The van der Waals surface area contributed by atoms with Gasteiger partial charge in [0.15, 0.2) is 12.0 Å². The predicted molar refractivity (Wildman–Crippen MR) is 77.1 cm³/mol. The van der Waals surface area contributed by atoms with Crippen LogP contribution in [-0.2, 0) is 5.54 Å². The number of hydrogen-bond acceptors (Lipinski definition) is 5. The molecule has 0 spiro atoms. The fourth-order valence-corrected chi connectivity index (χ4v) is 1.95. The summed E-state index contributed by atoms with van der Waals surface area (Å²) in [7, 11) is 1.90. The molecule has 1 aromatic carbocycles. The summed E-state index contributed by atoms with van der Waals surface area (Å²) >= 11 is 0. The molecular weight excluding hydrogens is 252 g/mol. The molecule has 5 heteroatoms. The van der Waals surface area contributed by atoms with Gasteiger partial charge in [-0.2, -0.15) is 0 Å². The van der Waals surface area contributed by atoms with Crippen molar-refractivity contribution in [1.82, 2.24) is 20.3 Å². The summed E-state index contributed by atoms with van der Waals surface area (Å²) in [5, 5.41) is 3.21. The molecule has 0 aliphatic rings. The van der Waals surface area contributed by atoms with E-state index in [0.717, 1.165) is 28.2 Å². The third-order valence-corrected chi connectivity index (χ3v) is 3.47. The van der Waals surface area contributed by atoms with E-state index < -0.39 is 0 Å². The van der Waals surface area contributed by atoms with Crippen molar-refractivity contribution in [2.75, 3.05) is 7.05 Å². The molecule has 0 saturated heterocycles. The van der Waals surface area contributed by atoms with Crippen LogP contribution in [0.5, 0.6) is 0 Å². The van der Waals surface area contributed by atoms with Gasteiger partial charge in [-0.3, -0.25) is 0 Å². The molecule has 0 amide bonds. The number of benzene rings is 1. The summed E-state index contributed by atoms with van der Waals surface area (Å²) < 4.78 is 5.33. The van der Waals surface area contributed by atoms with Crippen LogP contribution in [-0.4, -0.2) is 22.0 Å². The molecular formula is C15H16N4O. The Labute approximate surface area is 117 Å². The van der Waals surface area contributed by atoms with Crippen LogP contribution in [0.1, 0.15) is 19.7 Å². The van der Waals surface area contributed by atoms with Crippen LogP contribution in [0.3, 0.4) is 0 Å². The predicted octanol–water partition coefficient (Wildman–Crippen LogP) is 2.74. The molecule has 3 aromatic rings. The normalized spacial score (nSPS) is 11.9. The molecule has 3 rings (SSSR count). The van der Waals surface area contributed by atoms with E-state index >= 15 is 0 Å². The van der Waals surface area contributed by atoms with Crippen molar-refractivity contribution in [2.24, 2.45) is 0 Å². The van der Waals surface area contributed by atoms with Gasteiger partial charge in [0, 0.05) is 11.8 Å². The number of hydrogen-bond donors (Lipinski definition) is 1. The summed E-state index contributed by atoms with van der Waals surface area (Å²) in [6.07, 6.45) is 3.23. The van der Waals surface area contributed by atoms with Crippen LogP contribution in [0.15, 0.2) is 41.3 Å². The fourth-order valence-electron chi connectivity index (χ4n) is 1.95. The Hall–Kier alpha value is -2.27. The minimum Gasteiger partial charge on any atom is -0.443 e. The topological polar surface area (TPSA) is 63.8 Å². The molecule has 0 unspecified atom stereocenters. The van der Waals surface area contributed by atoms with Crippen molar-refractivity contribution in [1.29, 1.82) is 0 Å². The molecule has 0 aliphatic heterocycles. The highest BCUT2D eigenvalue weighted by Crippen LogP contribution is 2.24. The largest absolute Gasteiger partial charge is 0.443 e. The number of fused-ring (bicyclic) bond motifs is 1. The van der Waals surface area contributed by atoms with Gasteiger partial charge in [0.1, 0.15) is 11.3 Å². The van der Waals surface area contributed by atoms with Crippen molar-refractivity contribution in [3.8, 4) is 11.3 Å². The van der Waals surface area contributed by atoms with Crippen LogP contribution < -0.4 is 5.32 Å². The second-order valence-electron chi connectivity index (χ2n) is 5.18. The minimum absolute atomic E-state index is 0.271. The lowest BCUT2D eigenvalue weighted by Crippen LogP contribution is -2.35. The van der Waals surface area contributed by atoms with Crippen LogP contribution in [0.25, 0.3) is 22.4 Å². The number of nitrogens with one attached hydrogen (secondary N) is 1. The second kappa shape index (κ2) is 4.68. The Balaban J connectivity index is 2.07. The van der Waals surface area contributed by atoms with Gasteiger partial charge in [0.25, 0.3) is 0 Å². The van der Waals surface area contributed by atoms with Crippen LogP contribution in [0.2, 0.25) is 0 Å². The Morgan fingerprint density at radius 2 is 2.00 bits per heavy atom. The molecule has 0 fully saturated rings. The first-order valence-electron chi connectivity index (χ1n) is 6.46. The SMILES string of the molecule is CNC(C)(C)c1nccc(-c2ccc3ncoc3c2)n1. The van der Waals surface area contributed by atoms with E-state index in [4.69, 9.17) is 4.42 Å². The third kappa shape index (κ3) is 2.16. The molecule has 0 bridgehead atoms. The van der Waals surface area contributed by atoms with E-state index in [2.05, 4.69) is 20.3 Å². The zero-order chi connectivity index (χ0) is 14.2. The summed E-state index contributed by atoms with van der Waals surface area (Å²) in [6.45, 7) is 4.09. The van der Waals surface area contributed by atoms with E-state index in [1.54, 1.807) is 6.20 Å². The smallest absolute Gasteiger partial charge is 0.181 e. The van der Waals surface area contributed by atoms with Gasteiger partial charge >= 0.3 is 0 Å². The van der Waals surface area contributed by atoms with Crippen molar-refractivity contribution in [3.63, 3.8) is 0 Å². The van der Waals surface area contributed by atoms with E-state index in [9.17, 15) is 0 Å². The molecule has 0 aliphatic carbocycles. The Morgan fingerprint density at radius 3 is 2.80 bits per heavy atom. The van der Waals surface area contributed by atoms with Crippen LogP contribution in [0, 0.1) is 0 Å². The lowest BCUT2D eigenvalue weighted by Gasteiger charge is -2.22. The molecule has 102 valence electrons. The number of rotatable bonds is 3. The maximum atomic E-state index is 5.33. The lowest BCUT2D eigenvalue weighted by molar-refractivity contribution is 0.417. The van der Waals surface area contributed by atoms with Gasteiger partial charge in [-0.25, -0.2) is 15.0 Å². The molecule has 0 radical (unpaired) electrons. The summed E-state index contributed by atoms with van der Waals surface area (Å²) in [6, 6.07) is 7.76. The van der Waals surface area contributed by atoms with Crippen molar-refractivity contribution >= 4 is 11.1 Å². The molecule has 0 atom stereocenters. The molecule has 2 aromatic heterocycles. The standard InChI is InChI=1S/C15H16N4O/c1-15(2,16-3)14-17-7-6-11(19-14)10-4-5-12-13(8-10)20-9-18-12/h4-9,16H,1-3H3. The zero-order valence-corrected chi connectivity index (χ0v) is 11.7. The highest BCUT2D eigenvalue weighted by Gasteiger charge is 2.21. The fraction of sp³-hybridized carbons (Fsp3) is 0.267. The average molecular weight is 268 g/mol. The number of nitrogens with zero attached hydrogens (tertiary/aromatic N) is 3. The molecule has 20 heavy (non-hydrogen) atoms. The Morgan fingerprint density at radius 1 is 1.15 bits per heavy atom. The van der Waals surface area contributed by atoms with Crippen molar-refractivity contribution in [2.45, 2.75) is 19.4 Å². The monoisotopic (exact) mass is 268 g/mol. The van der Waals surface area contributed by atoms with Gasteiger partial charge in [-0.15, -0.1) is 0 Å². The van der Waals surface area contributed by atoms with Gasteiger partial charge in [-0.05, 0) is 39.1 Å². The maximum absolute atomic E-state index is 5.33. The van der Waals surface area contributed by atoms with E-state index in [1.807, 2.05) is 45.2 Å². The Kier molecular flexibility index (Phi) is 2.99. The van der Waals surface area contributed by atoms with E-state index in [1.165, 1.54) is 6.39 Å². The number of aromatic nitrogens is 3. The molecule has 2 heterocycles. The van der Waals surface area contributed by atoms with Gasteiger partial charge in [-0.1, -0.05) is 6.07 Å². The van der Waals surface area contributed by atoms with Gasteiger partial charge in [0.2, 0.25) is 0 Å². The van der Waals surface area contributed by atoms with E-state index in [0.29, 0.717) is 0 Å². The van der Waals surface area contributed by atoms with Crippen LogP contribution >= 0.6 is 0 Å². The van der Waals surface area contributed by atoms with Crippen molar-refractivity contribution in [3.05, 3.63) is 42.7 Å². The highest BCUT2D eigenvalue weighted by molar-refractivity contribution is 5.78. The minimum atomic E-state index is -0.271. The summed E-state index contributed by atoms with van der Waals surface area (Å²) in [5.74, 6) is 0.759. The summed E-state index contributed by atoms with van der Waals surface area (Å²) in [5.41, 5.74) is 3.20. The molecule has 0 saturated carbocycles. The quantitative estimate of drug-likeness (QED) is 0.791. The highest BCUT2D eigenvalue weighted by atomic mass is 16.3. The van der Waals surface area contributed by atoms with Gasteiger partial charge in [0.05, 0.1) is 11.2 Å².